The summed E-state index contributed by atoms with van der Waals surface area (Å²) in [6, 6.07) is 3.75. The van der Waals surface area contributed by atoms with Crippen molar-refractivity contribution in [2.75, 3.05) is 6.54 Å². The van der Waals surface area contributed by atoms with Gasteiger partial charge >= 0.3 is 0 Å². The van der Waals surface area contributed by atoms with Gasteiger partial charge in [-0.25, -0.2) is 9.67 Å². The minimum Gasteiger partial charge on any atom is -0.330 e. The van der Waals surface area contributed by atoms with Crippen LogP contribution in [0.25, 0.3) is 11.4 Å². The van der Waals surface area contributed by atoms with Gasteiger partial charge in [-0.15, -0.1) is 10.2 Å². The Morgan fingerprint density at radius 3 is 2.82 bits per heavy atom. The molecule has 3 aromatic heterocycles. The average Bonchev–Trinajstić information content (AvgIpc) is 3.41. The number of hydrogen-bond acceptors (Lipinski definition) is 6. The predicted molar refractivity (Wildman–Crippen MR) is 102 cm³/mol. The molecule has 1 amide bonds. The molecular formula is C19H24N8O. The number of pyridine rings is 1. The number of aryl methyl sites for hydroxylation is 1. The molecule has 1 aliphatic rings. The van der Waals surface area contributed by atoms with E-state index in [0.717, 1.165) is 17.8 Å². The Kier molecular flexibility index (Phi) is 5.14. The SMILES string of the molecule is CC[C@H](C)[C@H]1c2nc(-c3cccnc3)nn2CCN1C(=O)CCn1cnnc1. The Labute approximate surface area is 163 Å². The maximum absolute atomic E-state index is 13.0. The van der Waals surface area contributed by atoms with Gasteiger partial charge in [-0.3, -0.25) is 9.78 Å². The molecule has 0 unspecified atom stereocenters. The van der Waals surface area contributed by atoms with Gasteiger partial charge in [-0.1, -0.05) is 20.3 Å². The van der Waals surface area contributed by atoms with Gasteiger partial charge in [-0.05, 0) is 18.1 Å². The van der Waals surface area contributed by atoms with Gasteiger partial charge in [-0.2, -0.15) is 5.10 Å². The van der Waals surface area contributed by atoms with Crippen LogP contribution < -0.4 is 0 Å². The summed E-state index contributed by atoms with van der Waals surface area (Å²) in [7, 11) is 0. The Morgan fingerprint density at radius 2 is 2.11 bits per heavy atom. The van der Waals surface area contributed by atoms with Gasteiger partial charge in [0.1, 0.15) is 12.7 Å². The Hall–Kier alpha value is -3.10. The van der Waals surface area contributed by atoms with Crippen LogP contribution in [-0.2, 0) is 17.9 Å². The summed E-state index contributed by atoms with van der Waals surface area (Å²) in [6.07, 6.45) is 8.13. The third kappa shape index (κ3) is 3.51. The highest BCUT2D eigenvalue weighted by Crippen LogP contribution is 2.34. The first-order chi connectivity index (χ1) is 13.7. The lowest BCUT2D eigenvalue weighted by molar-refractivity contribution is -0.136. The average molecular weight is 380 g/mol. The first-order valence-corrected chi connectivity index (χ1v) is 9.64. The lowest BCUT2D eigenvalue weighted by atomic mass is 9.95. The zero-order valence-corrected chi connectivity index (χ0v) is 16.1. The van der Waals surface area contributed by atoms with Gasteiger partial charge in [0.2, 0.25) is 5.91 Å². The number of fused-ring (bicyclic) bond motifs is 1. The minimum atomic E-state index is -0.0786. The minimum absolute atomic E-state index is 0.0786. The largest absolute Gasteiger partial charge is 0.330 e. The van der Waals surface area contributed by atoms with Gasteiger partial charge in [0, 0.05) is 37.5 Å². The Morgan fingerprint density at radius 1 is 1.29 bits per heavy atom. The lowest BCUT2D eigenvalue weighted by Gasteiger charge is -2.38. The normalized spacial score (nSPS) is 17.4. The fourth-order valence-corrected chi connectivity index (χ4v) is 3.61. The van der Waals surface area contributed by atoms with Crippen molar-refractivity contribution in [3.8, 4) is 11.4 Å². The van der Waals surface area contributed by atoms with Gasteiger partial charge < -0.3 is 9.47 Å². The smallest absolute Gasteiger partial charge is 0.225 e. The highest BCUT2D eigenvalue weighted by Gasteiger charge is 2.36. The summed E-state index contributed by atoms with van der Waals surface area (Å²) in [5, 5.41) is 12.3. The summed E-state index contributed by atoms with van der Waals surface area (Å²) in [6.45, 7) is 6.16. The van der Waals surface area contributed by atoms with Crippen LogP contribution in [0.15, 0.2) is 37.2 Å². The van der Waals surface area contributed by atoms with Crippen LogP contribution in [0, 0.1) is 5.92 Å². The van der Waals surface area contributed by atoms with Crippen molar-refractivity contribution < 1.29 is 4.79 Å². The number of hydrogen-bond donors (Lipinski definition) is 0. The second-order valence-electron chi connectivity index (χ2n) is 7.13. The number of carbonyl (C=O) groups is 1. The van der Waals surface area contributed by atoms with Crippen LogP contribution >= 0.6 is 0 Å². The molecule has 146 valence electrons. The molecular weight excluding hydrogens is 356 g/mol. The number of nitrogens with zero attached hydrogens (tertiary/aromatic N) is 8. The van der Waals surface area contributed by atoms with Crippen molar-refractivity contribution in [1.82, 2.24) is 39.4 Å². The number of rotatable bonds is 6. The third-order valence-corrected chi connectivity index (χ3v) is 5.33. The highest BCUT2D eigenvalue weighted by atomic mass is 16.2. The molecule has 9 nitrogen and oxygen atoms in total. The summed E-state index contributed by atoms with van der Waals surface area (Å²) in [5.74, 6) is 1.92. The van der Waals surface area contributed by atoms with Crippen LogP contribution in [0.4, 0.5) is 0 Å². The fourth-order valence-electron chi connectivity index (χ4n) is 3.61. The molecule has 0 saturated carbocycles. The summed E-state index contributed by atoms with van der Waals surface area (Å²) in [5.41, 5.74) is 0.887. The fraction of sp³-hybridized carbons (Fsp3) is 0.474. The van der Waals surface area contributed by atoms with E-state index in [1.54, 1.807) is 25.0 Å². The first-order valence-electron chi connectivity index (χ1n) is 9.64. The molecule has 0 aromatic carbocycles. The number of amides is 1. The van der Waals surface area contributed by atoms with E-state index in [9.17, 15) is 4.79 Å². The summed E-state index contributed by atoms with van der Waals surface area (Å²) >= 11 is 0. The maximum Gasteiger partial charge on any atom is 0.225 e. The summed E-state index contributed by atoms with van der Waals surface area (Å²) in [4.78, 5) is 24.0. The van der Waals surface area contributed by atoms with E-state index in [1.165, 1.54) is 0 Å². The van der Waals surface area contributed by atoms with Crippen molar-refractivity contribution in [3.05, 3.63) is 43.0 Å². The van der Waals surface area contributed by atoms with Gasteiger partial charge in [0.25, 0.3) is 0 Å². The molecule has 0 fully saturated rings. The Bertz CT molecular complexity index is 921. The van der Waals surface area contributed by atoms with Crippen LogP contribution in [-0.4, -0.2) is 51.9 Å². The molecule has 1 aliphatic heterocycles. The van der Waals surface area contributed by atoms with Crippen LogP contribution in [0.2, 0.25) is 0 Å². The lowest BCUT2D eigenvalue weighted by Crippen LogP contribution is -2.45. The molecule has 0 saturated heterocycles. The second kappa shape index (κ2) is 7.87. The molecule has 4 rings (SSSR count). The Balaban J connectivity index is 1.59. The molecule has 0 aliphatic carbocycles. The van der Waals surface area contributed by atoms with Crippen molar-refractivity contribution in [2.45, 2.75) is 45.8 Å². The van der Waals surface area contributed by atoms with Gasteiger partial charge in [0.15, 0.2) is 11.6 Å². The van der Waals surface area contributed by atoms with Crippen molar-refractivity contribution in [2.24, 2.45) is 5.92 Å². The van der Waals surface area contributed by atoms with E-state index in [1.807, 2.05) is 26.3 Å². The number of carbonyl (C=O) groups excluding carboxylic acids is 1. The predicted octanol–water partition coefficient (Wildman–Crippen LogP) is 1.95. The van der Waals surface area contributed by atoms with Crippen LogP contribution in [0.1, 0.15) is 38.6 Å². The van der Waals surface area contributed by atoms with E-state index < -0.39 is 0 Å². The van der Waals surface area contributed by atoms with E-state index in [2.05, 4.69) is 34.1 Å². The molecule has 0 spiro atoms. The molecule has 28 heavy (non-hydrogen) atoms. The zero-order valence-electron chi connectivity index (χ0n) is 16.1. The molecule has 4 heterocycles. The van der Waals surface area contributed by atoms with E-state index in [4.69, 9.17) is 4.98 Å². The molecule has 2 atom stereocenters. The first kappa shape index (κ1) is 18.3. The zero-order chi connectivity index (χ0) is 19.5. The van der Waals surface area contributed by atoms with Gasteiger partial charge in [0.05, 0.1) is 12.6 Å². The maximum atomic E-state index is 13.0. The van der Waals surface area contributed by atoms with E-state index >= 15 is 0 Å². The van der Waals surface area contributed by atoms with E-state index in [0.29, 0.717) is 31.9 Å². The quantitative estimate of drug-likeness (QED) is 0.649. The summed E-state index contributed by atoms with van der Waals surface area (Å²) < 4.78 is 3.77. The monoisotopic (exact) mass is 380 g/mol. The third-order valence-electron chi connectivity index (χ3n) is 5.33. The highest BCUT2D eigenvalue weighted by molar-refractivity contribution is 5.76. The second-order valence-corrected chi connectivity index (χ2v) is 7.13. The van der Waals surface area contributed by atoms with Crippen LogP contribution in [0.5, 0.6) is 0 Å². The standard InChI is InChI=1S/C19H24N8O/c1-3-14(2)17-19-23-18(15-5-4-7-20-11-15)24-27(19)10-9-26(17)16(28)6-8-25-12-21-22-13-25/h4-5,7,11-14,17H,3,6,8-10H2,1-2H3/t14-,17-/m0/s1. The molecule has 9 heteroatoms. The molecule has 0 bridgehead atoms. The molecule has 0 radical (unpaired) electrons. The molecule has 3 aromatic rings. The topological polar surface area (TPSA) is 94.6 Å². The van der Waals surface area contributed by atoms with E-state index in [-0.39, 0.29) is 17.9 Å². The van der Waals surface area contributed by atoms with Crippen molar-refractivity contribution in [3.63, 3.8) is 0 Å². The van der Waals surface area contributed by atoms with Crippen molar-refractivity contribution >= 4 is 5.91 Å². The van der Waals surface area contributed by atoms with Crippen LogP contribution in [0.3, 0.4) is 0 Å². The van der Waals surface area contributed by atoms with Crippen molar-refractivity contribution in [1.29, 1.82) is 0 Å². The molecule has 0 N–H and O–H groups in total. The number of aromatic nitrogens is 7.